The van der Waals surface area contributed by atoms with E-state index in [0.717, 1.165) is 51.4 Å². The number of fused-ring (bicyclic) bond motifs is 4. The van der Waals surface area contributed by atoms with E-state index >= 15 is 0 Å². The van der Waals surface area contributed by atoms with Crippen molar-refractivity contribution < 1.29 is 52.5 Å². The maximum absolute atomic E-state index is 14.0. The molecule has 3 atom stereocenters. The molecule has 1 fully saturated rings. The van der Waals surface area contributed by atoms with E-state index in [1.807, 2.05) is 66.7 Å². The highest BCUT2D eigenvalue weighted by Crippen LogP contribution is 2.44. The van der Waals surface area contributed by atoms with Gasteiger partial charge in [-0.2, -0.15) is 0 Å². The SMILES string of the molecule is CC(C)(C)OC(=O)CC[C@@H](NC(=O)N[C@@H](CCCCNC(=O)[C@H](Cc1ccc2ccccc2c1)NC(=O)C1CCC(CNC(=O)OCC2c3ccccc3-c3ccccc32)CC1)C(=O)OC(C)(C)C)C(=O)OC(C)(C)C. The Hall–Kier alpha value is -6.97. The van der Waals surface area contributed by atoms with Gasteiger partial charge >= 0.3 is 30.0 Å². The van der Waals surface area contributed by atoms with Gasteiger partial charge in [-0.3, -0.25) is 14.4 Å². The number of carbonyl (C=O) groups is 7. The first-order valence-corrected chi connectivity index (χ1v) is 26.8. The maximum atomic E-state index is 14.0. The summed E-state index contributed by atoms with van der Waals surface area (Å²) >= 11 is 0. The highest BCUT2D eigenvalue weighted by atomic mass is 16.6. The number of unbranched alkanes of at least 4 members (excludes halogenated alkanes) is 1. The van der Waals surface area contributed by atoms with Crippen LogP contribution in [0.3, 0.4) is 0 Å². The van der Waals surface area contributed by atoms with Gasteiger partial charge in [0.15, 0.2) is 0 Å². The first-order valence-electron chi connectivity index (χ1n) is 26.8. The summed E-state index contributed by atoms with van der Waals surface area (Å²) < 4.78 is 22.3. The summed E-state index contributed by atoms with van der Waals surface area (Å²) in [5, 5.41) is 16.3. The molecule has 0 aliphatic heterocycles. The van der Waals surface area contributed by atoms with Crippen molar-refractivity contribution in [2.45, 2.75) is 167 Å². The fraction of sp³-hybridized carbons (Fsp3) is 0.517. The Bertz CT molecular complexity index is 2630. The topological polar surface area (TPSA) is 217 Å². The van der Waals surface area contributed by atoms with Crippen LogP contribution in [0.4, 0.5) is 9.59 Å². The molecule has 0 bridgehead atoms. The smallest absolute Gasteiger partial charge is 0.407 e. The van der Waals surface area contributed by atoms with Crippen LogP contribution in [0.2, 0.25) is 0 Å². The second kappa shape index (κ2) is 26.2. The summed E-state index contributed by atoms with van der Waals surface area (Å²) in [6.45, 7) is 16.2. The van der Waals surface area contributed by atoms with E-state index < -0.39 is 65.0 Å². The van der Waals surface area contributed by atoms with E-state index in [-0.39, 0.29) is 68.4 Å². The minimum atomic E-state index is -1.23. The summed E-state index contributed by atoms with van der Waals surface area (Å²) in [5.41, 5.74) is 3.00. The van der Waals surface area contributed by atoms with Crippen LogP contribution in [0.1, 0.15) is 143 Å². The minimum absolute atomic E-state index is 0.0342. The molecule has 6 rings (SSSR count). The summed E-state index contributed by atoms with van der Waals surface area (Å²) in [5.74, 6) is -2.72. The van der Waals surface area contributed by atoms with Gasteiger partial charge in [-0.1, -0.05) is 91.0 Å². The van der Waals surface area contributed by atoms with Crippen molar-refractivity contribution in [2.24, 2.45) is 11.8 Å². The van der Waals surface area contributed by atoms with E-state index in [4.69, 9.17) is 18.9 Å². The molecule has 2 aliphatic carbocycles. The fourth-order valence-electron chi connectivity index (χ4n) is 9.67. The molecule has 0 radical (unpaired) electrons. The molecule has 0 heterocycles. The van der Waals surface area contributed by atoms with Gasteiger partial charge in [0.2, 0.25) is 11.8 Å². The predicted molar refractivity (Wildman–Crippen MR) is 291 cm³/mol. The van der Waals surface area contributed by atoms with E-state index in [2.05, 4.69) is 50.8 Å². The standard InChI is InChI=1S/C60H79N5O11/c1-58(2,3)74-51(66)32-31-49(55(70)76-60(7,8)9)65-56(71)64-48(54(69)75-59(4,5)6)24-16-17-33-61-53(68)50(35-39-27-28-40-18-10-11-19-42(40)34-39)63-52(67)41-29-25-38(26-30-41)36-62-57(72)73-37-47-45-22-14-12-20-43(45)44-21-13-15-23-46(44)47/h10-15,18-23,27-28,34,38,41,47-50H,16-17,24-26,29-33,35-37H2,1-9H3,(H,61,68)(H,62,72)(H,63,67)(H2,64,65,71)/t38?,41?,48-,49+,50-/m0/s1. The van der Waals surface area contributed by atoms with Crippen LogP contribution in [0.5, 0.6) is 0 Å². The molecule has 0 saturated heterocycles. The van der Waals surface area contributed by atoms with Gasteiger partial charge < -0.3 is 45.5 Å². The Morgan fingerprint density at radius 3 is 1.72 bits per heavy atom. The zero-order valence-electron chi connectivity index (χ0n) is 45.8. The third kappa shape index (κ3) is 18.1. The summed E-state index contributed by atoms with van der Waals surface area (Å²) in [6.07, 6.45) is 3.08. The average Bonchev–Trinajstić information content (AvgIpc) is 3.67. The number of hydrogen-bond acceptors (Lipinski definition) is 11. The molecular weight excluding hydrogens is 967 g/mol. The van der Waals surface area contributed by atoms with Crippen molar-refractivity contribution in [1.82, 2.24) is 26.6 Å². The molecule has 1 saturated carbocycles. The summed E-state index contributed by atoms with van der Waals surface area (Å²) in [4.78, 5) is 93.6. The monoisotopic (exact) mass is 1050 g/mol. The maximum Gasteiger partial charge on any atom is 0.407 e. The molecular formula is C60H79N5O11. The van der Waals surface area contributed by atoms with Gasteiger partial charge in [0.1, 0.15) is 41.5 Å². The molecule has 2 aliphatic rings. The van der Waals surface area contributed by atoms with Crippen molar-refractivity contribution in [3.05, 3.63) is 108 Å². The van der Waals surface area contributed by atoms with Crippen molar-refractivity contribution in [3.63, 3.8) is 0 Å². The minimum Gasteiger partial charge on any atom is -0.460 e. The first kappa shape index (κ1) is 58.3. The second-order valence-corrected chi connectivity index (χ2v) is 23.1. The quantitative estimate of drug-likeness (QED) is 0.0301. The number of nitrogens with one attached hydrogen (secondary N) is 5. The van der Waals surface area contributed by atoms with Crippen LogP contribution < -0.4 is 26.6 Å². The average molecular weight is 1050 g/mol. The lowest BCUT2D eigenvalue weighted by molar-refractivity contribution is -0.159. The molecule has 0 unspecified atom stereocenters. The molecule has 0 spiro atoms. The number of alkyl carbamates (subject to hydrolysis) is 1. The molecule has 16 nitrogen and oxygen atoms in total. The van der Waals surface area contributed by atoms with Crippen LogP contribution in [0, 0.1) is 11.8 Å². The number of rotatable bonds is 21. The molecule has 16 heteroatoms. The van der Waals surface area contributed by atoms with Crippen LogP contribution >= 0.6 is 0 Å². The van der Waals surface area contributed by atoms with Gasteiger partial charge in [0.25, 0.3) is 0 Å². The Morgan fingerprint density at radius 2 is 1.13 bits per heavy atom. The number of esters is 3. The van der Waals surface area contributed by atoms with Crippen molar-refractivity contribution >= 4 is 52.6 Å². The van der Waals surface area contributed by atoms with Gasteiger partial charge in [-0.25, -0.2) is 19.2 Å². The van der Waals surface area contributed by atoms with E-state index in [0.29, 0.717) is 32.2 Å². The molecule has 76 heavy (non-hydrogen) atoms. The fourth-order valence-corrected chi connectivity index (χ4v) is 9.67. The third-order valence-electron chi connectivity index (χ3n) is 13.3. The summed E-state index contributed by atoms with van der Waals surface area (Å²) in [7, 11) is 0. The van der Waals surface area contributed by atoms with Crippen LogP contribution in [-0.4, -0.2) is 96.5 Å². The predicted octanol–water partition coefficient (Wildman–Crippen LogP) is 9.34. The molecule has 5 N–H and O–H groups in total. The van der Waals surface area contributed by atoms with Crippen LogP contribution in [0.15, 0.2) is 91.0 Å². The molecule has 4 aromatic rings. The first-order chi connectivity index (χ1) is 35.9. The number of benzene rings is 4. The second-order valence-electron chi connectivity index (χ2n) is 23.1. The lowest BCUT2D eigenvalue weighted by Crippen LogP contribution is -2.53. The van der Waals surface area contributed by atoms with Crippen LogP contribution in [-0.2, 0) is 49.3 Å². The number of ether oxygens (including phenoxy) is 4. The zero-order chi connectivity index (χ0) is 55.2. The lowest BCUT2D eigenvalue weighted by atomic mass is 9.81. The molecule has 0 aromatic heterocycles. The largest absolute Gasteiger partial charge is 0.460 e. The number of carbonyl (C=O) groups excluding carboxylic acids is 7. The lowest BCUT2D eigenvalue weighted by Gasteiger charge is -2.29. The third-order valence-corrected chi connectivity index (χ3v) is 13.3. The van der Waals surface area contributed by atoms with E-state index in [1.165, 1.54) is 0 Å². The van der Waals surface area contributed by atoms with Gasteiger partial charge in [-0.05, 0) is 158 Å². The van der Waals surface area contributed by atoms with E-state index in [9.17, 15) is 33.6 Å². The molecule has 410 valence electrons. The Balaban J connectivity index is 1.01. The van der Waals surface area contributed by atoms with Crippen molar-refractivity contribution in [2.75, 3.05) is 19.7 Å². The Morgan fingerprint density at radius 1 is 0.579 bits per heavy atom. The Kier molecular flexibility index (Phi) is 20.1. The highest BCUT2D eigenvalue weighted by Gasteiger charge is 2.34. The van der Waals surface area contributed by atoms with Gasteiger partial charge in [0, 0.05) is 37.8 Å². The highest BCUT2D eigenvalue weighted by molar-refractivity contribution is 5.90. The molecule has 5 amide bonds. The van der Waals surface area contributed by atoms with E-state index in [1.54, 1.807) is 62.3 Å². The van der Waals surface area contributed by atoms with Crippen LogP contribution in [0.25, 0.3) is 21.9 Å². The number of urea groups is 1. The van der Waals surface area contributed by atoms with Crippen molar-refractivity contribution in [3.8, 4) is 11.1 Å². The normalized spacial score (nSPS) is 16.6. The van der Waals surface area contributed by atoms with Crippen molar-refractivity contribution in [1.29, 1.82) is 0 Å². The van der Waals surface area contributed by atoms with Gasteiger partial charge in [0.05, 0.1) is 0 Å². The summed E-state index contributed by atoms with van der Waals surface area (Å²) in [6, 6.07) is 26.2. The molecule has 4 aromatic carbocycles. The zero-order valence-corrected chi connectivity index (χ0v) is 45.8. The van der Waals surface area contributed by atoms with Gasteiger partial charge in [-0.15, -0.1) is 0 Å². The number of amides is 5. The number of hydrogen-bond donors (Lipinski definition) is 5. The Labute approximate surface area is 447 Å².